The fraction of sp³-hybridized carbons (Fsp3) is 0.391. The van der Waals surface area contributed by atoms with Gasteiger partial charge in [-0.2, -0.15) is 5.26 Å². The first-order valence-corrected chi connectivity index (χ1v) is 9.65. The minimum Gasteiger partial charge on any atom is -0.294 e. The Morgan fingerprint density at radius 2 is 1.78 bits per heavy atom. The molecule has 2 aliphatic heterocycles. The number of fused-ring (bicyclic) bond motifs is 2. The van der Waals surface area contributed by atoms with Crippen molar-refractivity contribution >= 4 is 5.78 Å². The van der Waals surface area contributed by atoms with Crippen molar-refractivity contribution in [2.75, 3.05) is 0 Å². The van der Waals surface area contributed by atoms with E-state index in [4.69, 9.17) is 5.26 Å². The Morgan fingerprint density at radius 3 is 2.44 bits per heavy atom. The summed E-state index contributed by atoms with van der Waals surface area (Å²) in [5.74, 6) is -0.689. The average Bonchev–Trinajstić information content (AvgIpc) is 2.91. The molecular weight excluding hydrogens is 339 g/mol. The van der Waals surface area contributed by atoms with Crippen LogP contribution in [0.2, 0.25) is 0 Å². The van der Waals surface area contributed by atoms with Gasteiger partial charge in [0.15, 0.2) is 5.78 Å². The van der Waals surface area contributed by atoms with E-state index in [-0.39, 0.29) is 23.7 Å². The van der Waals surface area contributed by atoms with Crippen LogP contribution in [0.5, 0.6) is 0 Å². The van der Waals surface area contributed by atoms with Crippen LogP contribution in [0.1, 0.15) is 47.2 Å². The van der Waals surface area contributed by atoms with Gasteiger partial charge in [-0.05, 0) is 48.9 Å². The number of hydrogen-bond acceptors (Lipinski definition) is 3. The zero-order valence-corrected chi connectivity index (χ0v) is 15.3. The largest absolute Gasteiger partial charge is 0.294 e. The van der Waals surface area contributed by atoms with E-state index >= 15 is 0 Å². The summed E-state index contributed by atoms with van der Waals surface area (Å²) >= 11 is 0. The van der Waals surface area contributed by atoms with Gasteiger partial charge in [0, 0.05) is 24.5 Å². The number of Topliss-reactive ketones (excluding diaryl/α,β-unsaturated/α-hetero) is 1. The van der Waals surface area contributed by atoms with Crippen LogP contribution in [0.25, 0.3) is 0 Å². The van der Waals surface area contributed by atoms with E-state index in [2.05, 4.69) is 35.2 Å². The lowest BCUT2D eigenvalue weighted by molar-refractivity contribution is 0.0674. The van der Waals surface area contributed by atoms with Crippen LogP contribution in [-0.2, 0) is 13.0 Å². The SMILES string of the molecule is N#CCc1ccc(F)c(C(=O)C2CC3CCC(C2)N3Cc2ccccc2)c1. The van der Waals surface area contributed by atoms with Gasteiger partial charge in [-0.3, -0.25) is 9.69 Å². The van der Waals surface area contributed by atoms with Crippen molar-refractivity contribution in [1.82, 2.24) is 4.90 Å². The van der Waals surface area contributed by atoms with Crippen LogP contribution in [0.15, 0.2) is 48.5 Å². The molecule has 0 spiro atoms. The predicted octanol–water partition coefficient (Wildman–Crippen LogP) is 4.52. The van der Waals surface area contributed by atoms with E-state index in [9.17, 15) is 9.18 Å². The molecule has 0 radical (unpaired) electrons. The van der Waals surface area contributed by atoms with Gasteiger partial charge in [0.25, 0.3) is 0 Å². The average molecular weight is 362 g/mol. The van der Waals surface area contributed by atoms with Crippen molar-refractivity contribution in [2.24, 2.45) is 5.92 Å². The lowest BCUT2D eigenvalue weighted by Crippen LogP contribution is -2.44. The highest BCUT2D eigenvalue weighted by atomic mass is 19.1. The topological polar surface area (TPSA) is 44.1 Å². The Morgan fingerprint density at radius 1 is 1.07 bits per heavy atom. The van der Waals surface area contributed by atoms with Crippen LogP contribution < -0.4 is 0 Å². The molecule has 2 fully saturated rings. The summed E-state index contributed by atoms with van der Waals surface area (Å²) in [5.41, 5.74) is 2.16. The number of hydrogen-bond donors (Lipinski definition) is 0. The monoisotopic (exact) mass is 362 g/mol. The van der Waals surface area contributed by atoms with Crippen LogP contribution in [0, 0.1) is 23.1 Å². The molecule has 2 atom stereocenters. The van der Waals surface area contributed by atoms with Crippen LogP contribution in [0.4, 0.5) is 4.39 Å². The third-order valence-corrected chi connectivity index (χ3v) is 6.04. The highest BCUT2D eigenvalue weighted by molar-refractivity contribution is 5.98. The maximum atomic E-state index is 14.3. The number of halogens is 1. The summed E-state index contributed by atoms with van der Waals surface area (Å²) in [6.07, 6.45) is 4.01. The molecule has 2 bridgehead atoms. The van der Waals surface area contributed by atoms with Crippen molar-refractivity contribution in [3.8, 4) is 6.07 Å². The number of ketones is 1. The molecule has 0 aliphatic carbocycles. The van der Waals surface area contributed by atoms with Gasteiger partial charge in [-0.15, -0.1) is 0 Å². The number of benzene rings is 2. The lowest BCUT2D eigenvalue weighted by Gasteiger charge is -2.38. The molecule has 2 saturated heterocycles. The summed E-state index contributed by atoms with van der Waals surface area (Å²) in [7, 11) is 0. The van der Waals surface area contributed by atoms with Crippen molar-refractivity contribution in [3.63, 3.8) is 0 Å². The fourth-order valence-corrected chi connectivity index (χ4v) is 4.72. The smallest absolute Gasteiger partial charge is 0.169 e. The summed E-state index contributed by atoms with van der Waals surface area (Å²) in [6.45, 7) is 0.920. The molecule has 2 unspecified atom stereocenters. The number of nitriles is 1. The number of carbonyl (C=O) groups excluding carboxylic acids is 1. The van der Waals surface area contributed by atoms with Crippen LogP contribution in [0.3, 0.4) is 0 Å². The molecule has 27 heavy (non-hydrogen) atoms. The predicted molar refractivity (Wildman–Crippen MR) is 102 cm³/mol. The Bertz CT molecular complexity index is 860. The molecule has 0 saturated carbocycles. The molecule has 2 aromatic rings. The third-order valence-electron chi connectivity index (χ3n) is 6.04. The van der Waals surface area contributed by atoms with E-state index in [0.717, 1.165) is 32.2 Å². The number of rotatable bonds is 5. The second-order valence-corrected chi connectivity index (χ2v) is 7.72. The van der Waals surface area contributed by atoms with Gasteiger partial charge < -0.3 is 0 Å². The molecule has 4 heteroatoms. The van der Waals surface area contributed by atoms with Gasteiger partial charge in [0.2, 0.25) is 0 Å². The quantitative estimate of drug-likeness (QED) is 0.735. The molecular formula is C23H23FN2O. The fourth-order valence-electron chi connectivity index (χ4n) is 4.72. The summed E-state index contributed by atoms with van der Waals surface area (Å²) < 4.78 is 14.3. The highest BCUT2D eigenvalue weighted by Crippen LogP contribution is 2.41. The normalized spacial score (nSPS) is 24.5. The lowest BCUT2D eigenvalue weighted by atomic mass is 9.84. The van der Waals surface area contributed by atoms with Gasteiger partial charge >= 0.3 is 0 Å². The second kappa shape index (κ2) is 7.62. The Balaban J connectivity index is 1.49. The Kier molecular flexibility index (Phi) is 5.05. The number of nitrogens with zero attached hydrogens (tertiary/aromatic N) is 2. The highest BCUT2D eigenvalue weighted by Gasteiger charge is 2.43. The first kappa shape index (κ1) is 17.9. The Hall–Kier alpha value is -2.51. The van der Waals surface area contributed by atoms with Gasteiger partial charge in [-0.1, -0.05) is 36.4 Å². The maximum absolute atomic E-state index is 14.3. The molecule has 0 aromatic heterocycles. The summed E-state index contributed by atoms with van der Waals surface area (Å²) in [6, 6.07) is 17.8. The third kappa shape index (κ3) is 3.65. The van der Waals surface area contributed by atoms with Crippen LogP contribution >= 0.6 is 0 Å². The summed E-state index contributed by atoms with van der Waals surface area (Å²) in [5, 5.41) is 8.86. The minimum absolute atomic E-state index is 0.0939. The first-order valence-electron chi connectivity index (χ1n) is 9.65. The molecule has 4 rings (SSSR count). The first-order chi connectivity index (χ1) is 13.2. The van der Waals surface area contributed by atoms with Crippen molar-refractivity contribution < 1.29 is 9.18 Å². The molecule has 0 amide bonds. The number of carbonyl (C=O) groups is 1. The molecule has 0 N–H and O–H groups in total. The van der Waals surface area contributed by atoms with Crippen molar-refractivity contribution in [1.29, 1.82) is 5.26 Å². The van der Waals surface area contributed by atoms with E-state index in [1.807, 2.05) is 6.07 Å². The summed E-state index contributed by atoms with van der Waals surface area (Å²) in [4.78, 5) is 15.5. The van der Waals surface area contributed by atoms with Gasteiger partial charge in [0.05, 0.1) is 18.1 Å². The zero-order valence-electron chi connectivity index (χ0n) is 15.3. The van der Waals surface area contributed by atoms with E-state index < -0.39 is 5.82 Å². The zero-order chi connectivity index (χ0) is 18.8. The van der Waals surface area contributed by atoms with Gasteiger partial charge in [0.1, 0.15) is 5.82 Å². The number of piperidine rings is 1. The van der Waals surface area contributed by atoms with Gasteiger partial charge in [-0.25, -0.2) is 4.39 Å². The van der Waals surface area contributed by atoms with Crippen molar-refractivity contribution in [3.05, 3.63) is 71.0 Å². The molecule has 2 aliphatic rings. The van der Waals surface area contributed by atoms with Crippen molar-refractivity contribution in [2.45, 2.75) is 50.7 Å². The molecule has 2 aromatic carbocycles. The molecule has 138 valence electrons. The second-order valence-electron chi connectivity index (χ2n) is 7.72. The minimum atomic E-state index is -0.472. The molecule has 2 heterocycles. The standard InChI is InChI=1S/C23H23FN2O/c24-22-9-6-16(10-11-25)12-21(22)23(27)18-13-19-7-8-20(14-18)26(19)15-17-4-2-1-3-5-17/h1-6,9,12,18-20H,7-8,10,13-15H2. The molecule has 3 nitrogen and oxygen atoms in total. The van der Waals surface area contributed by atoms with E-state index in [1.165, 1.54) is 11.6 Å². The maximum Gasteiger partial charge on any atom is 0.169 e. The van der Waals surface area contributed by atoms with E-state index in [1.54, 1.807) is 12.1 Å². The van der Waals surface area contributed by atoms with E-state index in [0.29, 0.717) is 17.6 Å². The van der Waals surface area contributed by atoms with Crippen LogP contribution in [-0.4, -0.2) is 22.8 Å². The Labute approximate surface area is 159 Å².